The Morgan fingerprint density at radius 2 is 2.24 bits per heavy atom. The summed E-state index contributed by atoms with van der Waals surface area (Å²) in [4.78, 5) is 18.6. The topological polar surface area (TPSA) is 35.6 Å². The summed E-state index contributed by atoms with van der Waals surface area (Å²) in [5.74, 6) is 0.606. The number of hydrogen-bond acceptors (Lipinski definition) is 4. The van der Waals surface area contributed by atoms with Crippen LogP contribution in [0.15, 0.2) is 17.5 Å². The molecule has 0 aliphatic carbocycles. The number of carbonyl (C=O) groups is 1. The summed E-state index contributed by atoms with van der Waals surface area (Å²) < 4.78 is 0. The van der Waals surface area contributed by atoms with Gasteiger partial charge in [-0.25, -0.2) is 0 Å². The van der Waals surface area contributed by atoms with Crippen molar-refractivity contribution >= 4 is 17.2 Å². The summed E-state index contributed by atoms with van der Waals surface area (Å²) in [6.07, 6.45) is 2.35. The molecule has 2 saturated heterocycles. The van der Waals surface area contributed by atoms with E-state index in [1.165, 1.54) is 11.3 Å². The SMILES string of the molecule is CC(C)C1NC(c2cccs2)N(C2CCCN(C)C2)C1=O. The second-order valence-corrected chi connectivity index (χ2v) is 7.59. The Balaban J connectivity index is 1.87. The Labute approximate surface area is 131 Å². The highest BCUT2D eigenvalue weighted by molar-refractivity contribution is 7.10. The van der Waals surface area contributed by atoms with E-state index >= 15 is 0 Å². The molecular weight excluding hydrogens is 282 g/mol. The molecule has 3 heterocycles. The molecule has 0 spiro atoms. The van der Waals surface area contributed by atoms with E-state index in [4.69, 9.17) is 0 Å². The van der Waals surface area contributed by atoms with Crippen LogP contribution in [0.4, 0.5) is 0 Å². The standard InChI is InChI=1S/C16H25N3OS/c1-11(2)14-16(20)19(12-6-4-8-18(3)10-12)15(17-14)13-7-5-9-21-13/h5,7,9,11-12,14-15,17H,4,6,8,10H2,1-3H3. The van der Waals surface area contributed by atoms with Crippen molar-refractivity contribution in [2.24, 2.45) is 5.92 Å². The molecule has 2 aliphatic rings. The number of nitrogens with one attached hydrogen (secondary N) is 1. The smallest absolute Gasteiger partial charge is 0.241 e. The van der Waals surface area contributed by atoms with Crippen LogP contribution in [0.1, 0.15) is 37.7 Å². The van der Waals surface area contributed by atoms with Gasteiger partial charge in [0, 0.05) is 17.5 Å². The van der Waals surface area contributed by atoms with E-state index in [0.717, 1.165) is 19.5 Å². The number of amides is 1. The van der Waals surface area contributed by atoms with Gasteiger partial charge in [-0.1, -0.05) is 19.9 Å². The maximum absolute atomic E-state index is 12.9. The van der Waals surface area contributed by atoms with E-state index < -0.39 is 0 Å². The van der Waals surface area contributed by atoms with E-state index in [9.17, 15) is 4.79 Å². The molecule has 116 valence electrons. The van der Waals surface area contributed by atoms with Gasteiger partial charge in [0.1, 0.15) is 6.17 Å². The fourth-order valence-electron chi connectivity index (χ4n) is 3.51. The average molecular weight is 307 g/mol. The minimum absolute atomic E-state index is 0.0515. The van der Waals surface area contributed by atoms with Gasteiger partial charge in [0.05, 0.1) is 6.04 Å². The van der Waals surface area contributed by atoms with Gasteiger partial charge in [-0.2, -0.15) is 0 Å². The van der Waals surface area contributed by atoms with E-state index in [2.05, 4.69) is 53.5 Å². The van der Waals surface area contributed by atoms with Gasteiger partial charge in [0.2, 0.25) is 5.91 Å². The number of rotatable bonds is 3. The summed E-state index contributed by atoms with van der Waals surface area (Å²) in [6.45, 7) is 6.37. The largest absolute Gasteiger partial charge is 0.316 e. The molecule has 0 radical (unpaired) electrons. The molecule has 3 rings (SSSR count). The Morgan fingerprint density at radius 3 is 2.86 bits per heavy atom. The summed E-state index contributed by atoms with van der Waals surface area (Å²) in [6, 6.07) is 4.49. The highest BCUT2D eigenvalue weighted by Gasteiger charge is 2.45. The minimum Gasteiger partial charge on any atom is -0.316 e. The van der Waals surface area contributed by atoms with Crippen molar-refractivity contribution in [3.8, 4) is 0 Å². The van der Waals surface area contributed by atoms with Crippen LogP contribution in [0, 0.1) is 5.92 Å². The number of likely N-dealkylation sites (N-methyl/N-ethyl adjacent to an activating group) is 1. The first-order valence-electron chi connectivity index (χ1n) is 7.88. The van der Waals surface area contributed by atoms with Gasteiger partial charge in [0.25, 0.3) is 0 Å². The van der Waals surface area contributed by atoms with Crippen molar-refractivity contribution in [1.29, 1.82) is 0 Å². The van der Waals surface area contributed by atoms with Crippen LogP contribution >= 0.6 is 11.3 Å². The second-order valence-electron chi connectivity index (χ2n) is 6.61. The van der Waals surface area contributed by atoms with Crippen molar-refractivity contribution in [2.45, 2.75) is 44.9 Å². The lowest BCUT2D eigenvalue weighted by Gasteiger charge is -2.38. The van der Waals surface area contributed by atoms with Crippen molar-refractivity contribution in [3.63, 3.8) is 0 Å². The van der Waals surface area contributed by atoms with Crippen molar-refractivity contribution in [1.82, 2.24) is 15.1 Å². The Kier molecular flexibility index (Phi) is 4.33. The fourth-order valence-corrected chi connectivity index (χ4v) is 4.29. The van der Waals surface area contributed by atoms with Crippen LogP contribution in [0.25, 0.3) is 0 Å². The third-order valence-electron chi connectivity index (χ3n) is 4.61. The van der Waals surface area contributed by atoms with Gasteiger partial charge < -0.3 is 9.80 Å². The minimum atomic E-state index is -0.0515. The quantitative estimate of drug-likeness (QED) is 0.931. The molecule has 1 aromatic rings. The van der Waals surface area contributed by atoms with E-state index in [-0.39, 0.29) is 18.1 Å². The molecule has 3 atom stereocenters. The molecule has 2 fully saturated rings. The van der Waals surface area contributed by atoms with Crippen LogP contribution in [0.5, 0.6) is 0 Å². The number of nitrogens with zero attached hydrogens (tertiary/aromatic N) is 2. The maximum Gasteiger partial charge on any atom is 0.241 e. The number of thiophene rings is 1. The molecule has 0 saturated carbocycles. The lowest BCUT2D eigenvalue weighted by atomic mass is 10.0. The first-order valence-corrected chi connectivity index (χ1v) is 8.76. The number of piperidine rings is 1. The van der Waals surface area contributed by atoms with Crippen LogP contribution in [0.3, 0.4) is 0 Å². The first-order chi connectivity index (χ1) is 10.1. The molecule has 1 amide bonds. The predicted octanol–water partition coefficient (Wildman–Crippen LogP) is 2.30. The molecule has 3 unspecified atom stereocenters. The third kappa shape index (κ3) is 2.87. The molecule has 2 aliphatic heterocycles. The molecule has 5 heteroatoms. The Morgan fingerprint density at radius 1 is 1.43 bits per heavy atom. The van der Waals surface area contributed by atoms with Crippen LogP contribution in [-0.2, 0) is 4.79 Å². The average Bonchev–Trinajstić information content (AvgIpc) is 3.05. The van der Waals surface area contributed by atoms with Crippen LogP contribution < -0.4 is 5.32 Å². The zero-order chi connectivity index (χ0) is 15.0. The van der Waals surface area contributed by atoms with E-state index in [1.807, 2.05) is 0 Å². The molecular formula is C16H25N3OS. The molecule has 4 nitrogen and oxygen atoms in total. The summed E-state index contributed by atoms with van der Waals surface area (Å²) in [5, 5.41) is 5.67. The van der Waals surface area contributed by atoms with E-state index in [0.29, 0.717) is 12.0 Å². The molecule has 0 bridgehead atoms. The van der Waals surface area contributed by atoms with Crippen LogP contribution in [-0.4, -0.2) is 47.9 Å². The number of likely N-dealkylation sites (tertiary alicyclic amines) is 1. The van der Waals surface area contributed by atoms with Gasteiger partial charge in [-0.15, -0.1) is 11.3 Å². The number of hydrogen-bond donors (Lipinski definition) is 1. The molecule has 21 heavy (non-hydrogen) atoms. The molecule has 0 aromatic carbocycles. The lowest BCUT2D eigenvalue weighted by molar-refractivity contribution is -0.134. The van der Waals surface area contributed by atoms with Gasteiger partial charge in [0.15, 0.2) is 0 Å². The first kappa shape index (κ1) is 15.0. The third-order valence-corrected chi connectivity index (χ3v) is 5.53. The van der Waals surface area contributed by atoms with E-state index in [1.54, 1.807) is 11.3 Å². The Hall–Kier alpha value is -0.910. The highest BCUT2D eigenvalue weighted by Crippen LogP contribution is 2.34. The zero-order valence-corrected chi connectivity index (χ0v) is 13.9. The summed E-state index contributed by atoms with van der Waals surface area (Å²) in [5.41, 5.74) is 0. The van der Waals surface area contributed by atoms with Gasteiger partial charge in [-0.3, -0.25) is 10.1 Å². The number of carbonyl (C=O) groups excluding carboxylic acids is 1. The zero-order valence-electron chi connectivity index (χ0n) is 13.1. The highest BCUT2D eigenvalue weighted by atomic mass is 32.1. The predicted molar refractivity (Wildman–Crippen MR) is 86.2 cm³/mol. The fraction of sp³-hybridized carbons (Fsp3) is 0.688. The lowest BCUT2D eigenvalue weighted by Crippen LogP contribution is -2.49. The monoisotopic (exact) mass is 307 g/mol. The summed E-state index contributed by atoms with van der Waals surface area (Å²) >= 11 is 1.73. The Bertz CT molecular complexity index is 488. The normalized spacial score (nSPS) is 31.3. The van der Waals surface area contributed by atoms with Crippen molar-refractivity contribution in [2.75, 3.05) is 20.1 Å². The maximum atomic E-state index is 12.9. The second kappa shape index (κ2) is 6.07. The molecule has 1 aromatic heterocycles. The molecule has 1 N–H and O–H groups in total. The van der Waals surface area contributed by atoms with Crippen molar-refractivity contribution in [3.05, 3.63) is 22.4 Å². The van der Waals surface area contributed by atoms with Crippen molar-refractivity contribution < 1.29 is 4.79 Å². The van der Waals surface area contributed by atoms with Crippen LogP contribution in [0.2, 0.25) is 0 Å². The summed E-state index contributed by atoms with van der Waals surface area (Å²) in [7, 11) is 2.15. The van der Waals surface area contributed by atoms with Gasteiger partial charge >= 0.3 is 0 Å². The van der Waals surface area contributed by atoms with Gasteiger partial charge in [-0.05, 0) is 43.8 Å².